The second-order valence-corrected chi connectivity index (χ2v) is 4.72. The Balaban J connectivity index is 2.94. The summed E-state index contributed by atoms with van der Waals surface area (Å²) in [5, 5.41) is 10.7. The highest BCUT2D eigenvalue weighted by Crippen LogP contribution is 2.44. The second kappa shape index (κ2) is 4.17. The SMILES string of the molecule is CCC(O)(C(C)C)C1(CN)CCOC1. The van der Waals surface area contributed by atoms with Crippen molar-refractivity contribution in [1.29, 1.82) is 0 Å². The van der Waals surface area contributed by atoms with Crippen LogP contribution in [0.1, 0.15) is 33.6 Å². The van der Waals surface area contributed by atoms with E-state index in [9.17, 15) is 5.11 Å². The van der Waals surface area contributed by atoms with E-state index in [1.807, 2.05) is 6.92 Å². The smallest absolute Gasteiger partial charge is 0.0758 e. The van der Waals surface area contributed by atoms with Crippen LogP contribution in [-0.4, -0.2) is 30.5 Å². The molecule has 1 aliphatic rings. The maximum atomic E-state index is 10.7. The number of aliphatic hydroxyl groups is 1. The van der Waals surface area contributed by atoms with Gasteiger partial charge in [-0.1, -0.05) is 20.8 Å². The summed E-state index contributed by atoms with van der Waals surface area (Å²) in [6.07, 6.45) is 1.62. The van der Waals surface area contributed by atoms with Crippen LogP contribution in [-0.2, 0) is 4.74 Å². The fraction of sp³-hybridized carbons (Fsp3) is 1.00. The van der Waals surface area contributed by atoms with Crippen LogP contribution in [0.25, 0.3) is 0 Å². The van der Waals surface area contributed by atoms with Crippen molar-refractivity contribution in [2.75, 3.05) is 19.8 Å². The molecule has 3 N–H and O–H groups in total. The quantitative estimate of drug-likeness (QED) is 0.717. The Bertz CT molecular complexity index is 184. The van der Waals surface area contributed by atoms with E-state index >= 15 is 0 Å². The predicted molar refractivity (Wildman–Crippen MR) is 57.0 cm³/mol. The topological polar surface area (TPSA) is 55.5 Å². The molecule has 1 heterocycles. The number of nitrogens with two attached hydrogens (primary N) is 1. The lowest BCUT2D eigenvalue weighted by atomic mass is 9.64. The van der Waals surface area contributed by atoms with E-state index in [0.717, 1.165) is 19.4 Å². The predicted octanol–water partition coefficient (Wildman–Crippen LogP) is 1.15. The number of hydrogen-bond acceptors (Lipinski definition) is 3. The Hall–Kier alpha value is -0.120. The summed E-state index contributed by atoms with van der Waals surface area (Å²) >= 11 is 0. The van der Waals surface area contributed by atoms with Gasteiger partial charge in [0.1, 0.15) is 0 Å². The summed E-state index contributed by atoms with van der Waals surface area (Å²) in [5.74, 6) is 0.220. The maximum absolute atomic E-state index is 10.7. The molecule has 0 aromatic rings. The average Bonchev–Trinajstić information content (AvgIpc) is 2.66. The van der Waals surface area contributed by atoms with Crippen molar-refractivity contribution >= 4 is 0 Å². The summed E-state index contributed by atoms with van der Waals surface area (Å²) in [6.45, 7) is 7.97. The Labute approximate surface area is 86.6 Å². The van der Waals surface area contributed by atoms with Gasteiger partial charge in [0.15, 0.2) is 0 Å². The van der Waals surface area contributed by atoms with Crippen molar-refractivity contribution in [2.24, 2.45) is 17.1 Å². The lowest BCUT2D eigenvalue weighted by molar-refractivity contribution is -0.118. The first kappa shape index (κ1) is 12.0. The normalized spacial score (nSPS) is 32.1. The molecule has 14 heavy (non-hydrogen) atoms. The van der Waals surface area contributed by atoms with Gasteiger partial charge >= 0.3 is 0 Å². The lowest BCUT2D eigenvalue weighted by Crippen LogP contribution is -2.56. The molecule has 2 unspecified atom stereocenters. The van der Waals surface area contributed by atoms with Gasteiger partial charge in [0.05, 0.1) is 12.2 Å². The number of rotatable bonds is 4. The minimum atomic E-state index is -0.682. The average molecular weight is 201 g/mol. The van der Waals surface area contributed by atoms with Gasteiger partial charge in [-0.2, -0.15) is 0 Å². The molecule has 0 spiro atoms. The van der Waals surface area contributed by atoms with Crippen LogP contribution in [0.4, 0.5) is 0 Å². The van der Waals surface area contributed by atoms with Crippen LogP contribution in [0, 0.1) is 11.3 Å². The molecule has 0 saturated carbocycles. The van der Waals surface area contributed by atoms with Crippen LogP contribution in [0.3, 0.4) is 0 Å². The largest absolute Gasteiger partial charge is 0.389 e. The molecule has 2 atom stereocenters. The fourth-order valence-electron chi connectivity index (χ4n) is 2.68. The summed E-state index contributed by atoms with van der Waals surface area (Å²) in [4.78, 5) is 0. The first-order valence-electron chi connectivity index (χ1n) is 5.52. The third-order valence-corrected chi connectivity index (χ3v) is 3.91. The van der Waals surface area contributed by atoms with Gasteiger partial charge in [-0.25, -0.2) is 0 Å². The minimum absolute atomic E-state index is 0.220. The van der Waals surface area contributed by atoms with E-state index in [1.165, 1.54) is 0 Å². The number of hydrogen-bond donors (Lipinski definition) is 2. The van der Waals surface area contributed by atoms with Gasteiger partial charge in [0.2, 0.25) is 0 Å². The zero-order chi connectivity index (χ0) is 10.8. The summed E-state index contributed by atoms with van der Waals surface area (Å²) in [7, 11) is 0. The van der Waals surface area contributed by atoms with Crippen molar-refractivity contribution in [3.8, 4) is 0 Å². The highest BCUT2D eigenvalue weighted by Gasteiger charge is 2.52. The van der Waals surface area contributed by atoms with Gasteiger partial charge in [0.25, 0.3) is 0 Å². The summed E-state index contributed by atoms with van der Waals surface area (Å²) in [6, 6.07) is 0. The van der Waals surface area contributed by atoms with Gasteiger partial charge in [-0.3, -0.25) is 0 Å². The molecule has 84 valence electrons. The van der Waals surface area contributed by atoms with Gasteiger partial charge in [-0.15, -0.1) is 0 Å². The molecule has 3 heteroatoms. The highest BCUT2D eigenvalue weighted by molar-refractivity contribution is 5.02. The van der Waals surface area contributed by atoms with Crippen molar-refractivity contribution in [2.45, 2.75) is 39.2 Å². The monoisotopic (exact) mass is 201 g/mol. The van der Waals surface area contributed by atoms with Gasteiger partial charge < -0.3 is 15.6 Å². The molecule has 0 amide bonds. The second-order valence-electron chi connectivity index (χ2n) is 4.72. The molecular weight excluding hydrogens is 178 g/mol. The van der Waals surface area contributed by atoms with Crippen LogP contribution in [0.5, 0.6) is 0 Å². The van der Waals surface area contributed by atoms with E-state index in [0.29, 0.717) is 13.2 Å². The van der Waals surface area contributed by atoms with Gasteiger partial charge in [-0.05, 0) is 18.8 Å². The molecule has 0 aromatic heterocycles. The van der Waals surface area contributed by atoms with Crippen LogP contribution in [0.2, 0.25) is 0 Å². The molecule has 1 rings (SSSR count). The summed E-state index contributed by atoms with van der Waals surface area (Å²) < 4.78 is 5.41. The molecule has 0 aromatic carbocycles. The first-order valence-corrected chi connectivity index (χ1v) is 5.52. The van der Waals surface area contributed by atoms with Crippen molar-refractivity contribution in [3.05, 3.63) is 0 Å². The zero-order valence-electron chi connectivity index (χ0n) is 9.55. The molecule has 0 aliphatic carbocycles. The molecule has 0 radical (unpaired) electrons. The molecular formula is C11H23NO2. The third kappa shape index (κ3) is 1.58. The minimum Gasteiger partial charge on any atom is -0.389 e. The van der Waals surface area contributed by atoms with E-state index in [-0.39, 0.29) is 11.3 Å². The Morgan fingerprint density at radius 2 is 2.21 bits per heavy atom. The van der Waals surface area contributed by atoms with Crippen LogP contribution >= 0.6 is 0 Å². The maximum Gasteiger partial charge on any atom is 0.0758 e. The van der Waals surface area contributed by atoms with Crippen LogP contribution < -0.4 is 5.73 Å². The van der Waals surface area contributed by atoms with Crippen molar-refractivity contribution in [3.63, 3.8) is 0 Å². The van der Waals surface area contributed by atoms with Crippen LogP contribution in [0.15, 0.2) is 0 Å². The Kier molecular flexibility index (Phi) is 3.56. The van der Waals surface area contributed by atoms with Crippen molar-refractivity contribution < 1.29 is 9.84 Å². The number of ether oxygens (including phenoxy) is 1. The third-order valence-electron chi connectivity index (χ3n) is 3.91. The Morgan fingerprint density at radius 1 is 1.57 bits per heavy atom. The van der Waals surface area contributed by atoms with E-state index in [1.54, 1.807) is 0 Å². The fourth-order valence-corrected chi connectivity index (χ4v) is 2.68. The Morgan fingerprint density at radius 3 is 2.50 bits per heavy atom. The molecule has 1 aliphatic heterocycles. The van der Waals surface area contributed by atoms with E-state index < -0.39 is 5.60 Å². The first-order chi connectivity index (χ1) is 6.52. The van der Waals surface area contributed by atoms with E-state index in [2.05, 4.69) is 13.8 Å². The molecule has 1 saturated heterocycles. The van der Waals surface area contributed by atoms with Gasteiger partial charge in [0, 0.05) is 18.6 Å². The van der Waals surface area contributed by atoms with Crippen molar-refractivity contribution in [1.82, 2.24) is 0 Å². The summed E-state index contributed by atoms with van der Waals surface area (Å²) in [5.41, 5.74) is 4.92. The zero-order valence-corrected chi connectivity index (χ0v) is 9.55. The molecule has 0 bridgehead atoms. The lowest BCUT2D eigenvalue weighted by Gasteiger charge is -2.46. The van der Waals surface area contributed by atoms with E-state index in [4.69, 9.17) is 10.5 Å². The molecule has 3 nitrogen and oxygen atoms in total. The standard InChI is InChI=1S/C11H23NO2/c1-4-11(13,9(2)3)10(7-12)5-6-14-8-10/h9,13H,4-8,12H2,1-3H3. The highest BCUT2D eigenvalue weighted by atomic mass is 16.5. The molecule has 1 fully saturated rings.